The number of carbonyl (C=O) groups excluding carboxylic acids is 2. The Morgan fingerprint density at radius 2 is 1.49 bits per heavy atom. The number of thioether (sulfide) groups is 1. The fourth-order valence-corrected chi connectivity index (χ4v) is 5.45. The first kappa shape index (κ1) is 28.6. The summed E-state index contributed by atoms with van der Waals surface area (Å²) >= 11 is 1.69. The van der Waals surface area contributed by atoms with Gasteiger partial charge in [-0.25, -0.2) is 4.79 Å². The van der Waals surface area contributed by atoms with Gasteiger partial charge in [0, 0.05) is 47.0 Å². The van der Waals surface area contributed by atoms with Crippen molar-refractivity contribution >= 4 is 35.1 Å². The highest BCUT2D eigenvalue weighted by atomic mass is 32.2. The molecule has 0 aliphatic carbocycles. The Kier molecular flexibility index (Phi) is 10.00. The highest BCUT2D eigenvalue weighted by molar-refractivity contribution is 7.99. The first-order valence-corrected chi connectivity index (χ1v) is 14.0. The number of aliphatic hydroxyl groups is 1. The van der Waals surface area contributed by atoms with Gasteiger partial charge < -0.3 is 30.5 Å². The Labute approximate surface area is 233 Å². The maximum absolute atomic E-state index is 11.9. The molecule has 0 radical (unpaired) electrons. The molecule has 3 amide bonds. The van der Waals surface area contributed by atoms with Crippen LogP contribution in [0.3, 0.4) is 0 Å². The molecular weight excluding hydrogens is 514 g/mol. The van der Waals surface area contributed by atoms with E-state index in [0.717, 1.165) is 27.3 Å². The zero-order valence-electron chi connectivity index (χ0n) is 22.3. The average Bonchev–Trinajstić information content (AvgIpc) is 2.93. The van der Waals surface area contributed by atoms with Crippen LogP contribution in [0.25, 0.3) is 0 Å². The van der Waals surface area contributed by atoms with Crippen LogP contribution in [0.2, 0.25) is 0 Å². The van der Waals surface area contributed by atoms with E-state index in [9.17, 15) is 14.7 Å². The van der Waals surface area contributed by atoms with Crippen LogP contribution in [0.15, 0.2) is 77.7 Å². The Balaban J connectivity index is 1.51. The lowest BCUT2D eigenvalue weighted by atomic mass is 9.91. The molecule has 8 nitrogen and oxygen atoms in total. The van der Waals surface area contributed by atoms with Crippen LogP contribution in [0.4, 0.5) is 16.2 Å². The Morgan fingerprint density at radius 3 is 2.10 bits per heavy atom. The van der Waals surface area contributed by atoms with Crippen LogP contribution in [0.1, 0.15) is 49.9 Å². The van der Waals surface area contributed by atoms with Gasteiger partial charge >= 0.3 is 6.03 Å². The van der Waals surface area contributed by atoms with Crippen molar-refractivity contribution in [3.05, 3.63) is 89.5 Å². The van der Waals surface area contributed by atoms with E-state index in [2.05, 4.69) is 22.9 Å². The molecule has 1 heterocycles. The van der Waals surface area contributed by atoms with Crippen LogP contribution in [-0.4, -0.2) is 35.4 Å². The molecule has 1 fully saturated rings. The van der Waals surface area contributed by atoms with Crippen molar-refractivity contribution in [3.63, 3.8) is 0 Å². The second-order valence-corrected chi connectivity index (χ2v) is 10.5. The van der Waals surface area contributed by atoms with Gasteiger partial charge in [-0.3, -0.25) is 4.79 Å². The summed E-state index contributed by atoms with van der Waals surface area (Å²) in [6.07, 6.45) is -0.910. The molecule has 4 N–H and O–H groups in total. The molecule has 4 atom stereocenters. The van der Waals surface area contributed by atoms with Gasteiger partial charge in [0.25, 0.3) is 0 Å². The van der Waals surface area contributed by atoms with E-state index in [0.29, 0.717) is 18.0 Å². The summed E-state index contributed by atoms with van der Waals surface area (Å²) in [5.74, 6) is 0.672. The largest absolute Gasteiger partial charge is 0.392 e. The molecular formula is C30H35N3O5S. The van der Waals surface area contributed by atoms with E-state index >= 15 is 0 Å². The minimum atomic E-state index is -0.588. The monoisotopic (exact) mass is 549 g/mol. The number of amides is 3. The topological polar surface area (TPSA) is 109 Å². The number of hydrogen-bond acceptors (Lipinski definition) is 6. The Hall–Kier alpha value is -3.37. The molecule has 0 spiro atoms. The quantitative estimate of drug-likeness (QED) is 0.249. The fraction of sp³-hybridized carbons (Fsp3) is 0.333. The number of ether oxygens (including phenoxy) is 2. The minimum absolute atomic E-state index is 0.0102. The fourth-order valence-electron chi connectivity index (χ4n) is 4.39. The van der Waals surface area contributed by atoms with Gasteiger partial charge in [-0.2, -0.15) is 0 Å². The molecule has 39 heavy (non-hydrogen) atoms. The van der Waals surface area contributed by atoms with Crippen molar-refractivity contribution in [2.24, 2.45) is 5.92 Å². The maximum atomic E-state index is 11.9. The summed E-state index contributed by atoms with van der Waals surface area (Å²) < 4.78 is 13.0. The SMILES string of the molecule is CCNC(=O)Nc1ccc(C2OC(CSc3ccc(NC(C)=O)cc3)C(C)C(c3ccc(CO)cc3)O2)cc1. The van der Waals surface area contributed by atoms with E-state index in [1.54, 1.807) is 11.8 Å². The van der Waals surface area contributed by atoms with Crippen molar-refractivity contribution in [1.29, 1.82) is 0 Å². The molecule has 0 aromatic heterocycles. The van der Waals surface area contributed by atoms with Crippen molar-refractivity contribution in [2.45, 2.75) is 50.8 Å². The number of nitrogens with one attached hydrogen (secondary N) is 3. The van der Waals surface area contributed by atoms with E-state index < -0.39 is 6.29 Å². The van der Waals surface area contributed by atoms with E-state index in [-0.39, 0.29) is 36.7 Å². The van der Waals surface area contributed by atoms with Crippen molar-refractivity contribution in [2.75, 3.05) is 22.9 Å². The lowest BCUT2D eigenvalue weighted by Gasteiger charge is -2.41. The van der Waals surface area contributed by atoms with Crippen LogP contribution in [0, 0.1) is 5.92 Å². The van der Waals surface area contributed by atoms with Gasteiger partial charge in [-0.15, -0.1) is 11.8 Å². The Morgan fingerprint density at radius 1 is 0.872 bits per heavy atom. The summed E-state index contributed by atoms with van der Waals surface area (Å²) in [7, 11) is 0. The lowest BCUT2D eigenvalue weighted by molar-refractivity contribution is -0.268. The van der Waals surface area contributed by atoms with Crippen LogP contribution in [-0.2, 0) is 20.9 Å². The third-order valence-electron chi connectivity index (χ3n) is 6.49. The summed E-state index contributed by atoms with van der Waals surface area (Å²) in [5.41, 5.74) is 4.17. The van der Waals surface area contributed by atoms with Crippen molar-refractivity contribution in [1.82, 2.24) is 5.32 Å². The molecule has 206 valence electrons. The minimum Gasteiger partial charge on any atom is -0.392 e. The van der Waals surface area contributed by atoms with Gasteiger partial charge in [0.1, 0.15) is 0 Å². The summed E-state index contributed by atoms with van der Waals surface area (Å²) in [6.45, 7) is 6.02. The summed E-state index contributed by atoms with van der Waals surface area (Å²) in [5, 5.41) is 17.8. The van der Waals surface area contributed by atoms with Gasteiger partial charge in [-0.1, -0.05) is 43.3 Å². The first-order valence-electron chi connectivity index (χ1n) is 13.0. The molecule has 1 aliphatic rings. The van der Waals surface area contributed by atoms with Gasteiger partial charge in [0.2, 0.25) is 5.91 Å². The molecule has 4 unspecified atom stereocenters. The molecule has 3 aromatic rings. The predicted molar refractivity (Wildman–Crippen MR) is 154 cm³/mol. The molecule has 3 aromatic carbocycles. The predicted octanol–water partition coefficient (Wildman–Crippen LogP) is 5.86. The molecule has 9 heteroatoms. The second-order valence-electron chi connectivity index (χ2n) is 9.44. The normalized spacial score (nSPS) is 20.7. The number of hydrogen-bond donors (Lipinski definition) is 4. The first-order chi connectivity index (χ1) is 18.9. The molecule has 1 aliphatic heterocycles. The number of rotatable bonds is 9. The summed E-state index contributed by atoms with van der Waals surface area (Å²) in [6, 6.07) is 22.8. The van der Waals surface area contributed by atoms with Gasteiger partial charge in [-0.05, 0) is 54.4 Å². The van der Waals surface area contributed by atoms with Gasteiger partial charge in [0.05, 0.1) is 18.8 Å². The zero-order chi connectivity index (χ0) is 27.8. The van der Waals surface area contributed by atoms with Crippen LogP contribution >= 0.6 is 11.8 Å². The van der Waals surface area contributed by atoms with E-state index in [1.807, 2.05) is 79.7 Å². The third kappa shape index (κ3) is 7.83. The highest BCUT2D eigenvalue weighted by Gasteiger charge is 2.38. The van der Waals surface area contributed by atoms with Crippen molar-refractivity contribution < 1.29 is 24.2 Å². The van der Waals surface area contributed by atoms with E-state index in [4.69, 9.17) is 9.47 Å². The number of aliphatic hydroxyl groups excluding tert-OH is 1. The number of carbonyl (C=O) groups is 2. The number of anilines is 2. The molecule has 0 bridgehead atoms. The van der Waals surface area contributed by atoms with Crippen LogP contribution in [0.5, 0.6) is 0 Å². The number of benzene rings is 3. The van der Waals surface area contributed by atoms with Gasteiger partial charge in [0.15, 0.2) is 6.29 Å². The number of urea groups is 1. The highest BCUT2D eigenvalue weighted by Crippen LogP contribution is 2.43. The molecule has 4 rings (SSSR count). The zero-order valence-corrected chi connectivity index (χ0v) is 23.2. The third-order valence-corrected chi connectivity index (χ3v) is 7.59. The lowest BCUT2D eigenvalue weighted by Crippen LogP contribution is -2.38. The average molecular weight is 550 g/mol. The Bertz CT molecular complexity index is 1230. The maximum Gasteiger partial charge on any atom is 0.319 e. The van der Waals surface area contributed by atoms with Crippen LogP contribution < -0.4 is 16.0 Å². The smallest absolute Gasteiger partial charge is 0.319 e. The summed E-state index contributed by atoms with van der Waals surface area (Å²) in [4.78, 5) is 24.3. The molecule has 0 saturated carbocycles. The molecule has 1 saturated heterocycles. The van der Waals surface area contributed by atoms with Crippen molar-refractivity contribution in [3.8, 4) is 0 Å². The second kappa shape index (κ2) is 13.6. The standard InChI is InChI=1S/C30H35N3O5S/c1-4-31-30(36)33-25-11-9-23(10-12-25)29-37-27(18-39-26-15-13-24(14-16-26)32-20(3)35)19(2)28(38-29)22-7-5-21(17-34)6-8-22/h5-16,19,27-29,34H,4,17-18H2,1-3H3,(H,32,35)(H2,31,33,36). The van der Waals surface area contributed by atoms with E-state index in [1.165, 1.54) is 6.92 Å².